The van der Waals surface area contributed by atoms with Crippen molar-refractivity contribution in [3.8, 4) is 0 Å². The van der Waals surface area contributed by atoms with Crippen molar-refractivity contribution in [3.05, 3.63) is 59.7 Å². The Morgan fingerprint density at radius 3 is 2.50 bits per heavy atom. The van der Waals surface area contributed by atoms with Crippen LogP contribution in [0.15, 0.2) is 48.5 Å². The lowest BCUT2D eigenvalue weighted by molar-refractivity contribution is -0.117. The third-order valence-electron chi connectivity index (χ3n) is 4.67. The predicted octanol–water partition coefficient (Wildman–Crippen LogP) is 4.16. The molecule has 0 aliphatic carbocycles. The molecule has 3 rings (SSSR count). The van der Waals surface area contributed by atoms with Gasteiger partial charge < -0.3 is 15.0 Å². The Labute approximate surface area is 154 Å². The number of amides is 1. The standard InChI is InChI=1S/C21H24N2O3/c1-4-26-21(25)16-9-11-17(12-10-16)22-19-13-14(2)23(15(3)24)20-8-6-5-7-18(19)20/h5-12,14,19,22H,4,13H2,1-3H3/t14-,19+/m1/s1. The molecule has 1 heterocycles. The van der Waals surface area contributed by atoms with Crippen molar-refractivity contribution in [2.75, 3.05) is 16.8 Å². The van der Waals surface area contributed by atoms with Crippen molar-refractivity contribution >= 4 is 23.3 Å². The van der Waals surface area contributed by atoms with Crippen LogP contribution in [0.3, 0.4) is 0 Å². The number of hydrogen-bond donors (Lipinski definition) is 1. The molecule has 5 heteroatoms. The molecule has 0 fully saturated rings. The molecule has 1 aliphatic heterocycles. The first-order valence-electron chi connectivity index (χ1n) is 8.93. The highest BCUT2D eigenvalue weighted by Crippen LogP contribution is 2.38. The Morgan fingerprint density at radius 2 is 1.85 bits per heavy atom. The van der Waals surface area contributed by atoms with Crippen molar-refractivity contribution < 1.29 is 14.3 Å². The minimum atomic E-state index is -0.312. The highest BCUT2D eigenvalue weighted by atomic mass is 16.5. The van der Waals surface area contributed by atoms with Crippen LogP contribution in [0.5, 0.6) is 0 Å². The molecule has 0 unspecified atom stereocenters. The summed E-state index contributed by atoms with van der Waals surface area (Å²) in [5, 5.41) is 3.54. The maximum Gasteiger partial charge on any atom is 0.338 e. The zero-order valence-electron chi connectivity index (χ0n) is 15.4. The van der Waals surface area contributed by atoms with E-state index in [0.717, 1.165) is 23.4 Å². The first-order valence-corrected chi connectivity index (χ1v) is 8.93. The Morgan fingerprint density at radius 1 is 1.15 bits per heavy atom. The second-order valence-electron chi connectivity index (χ2n) is 6.53. The maximum absolute atomic E-state index is 12.1. The van der Waals surface area contributed by atoms with E-state index in [-0.39, 0.29) is 24.0 Å². The van der Waals surface area contributed by atoms with Gasteiger partial charge in [0.1, 0.15) is 0 Å². The van der Waals surface area contributed by atoms with Crippen LogP contribution in [0.25, 0.3) is 0 Å². The number of nitrogens with zero attached hydrogens (tertiary/aromatic N) is 1. The molecule has 26 heavy (non-hydrogen) atoms. The molecule has 5 nitrogen and oxygen atoms in total. The number of ether oxygens (including phenoxy) is 1. The normalized spacial score (nSPS) is 18.8. The molecule has 0 aromatic heterocycles. The Kier molecular flexibility index (Phi) is 5.26. The van der Waals surface area contributed by atoms with E-state index in [9.17, 15) is 9.59 Å². The molecule has 136 valence electrons. The Balaban J connectivity index is 1.83. The second kappa shape index (κ2) is 7.60. The van der Waals surface area contributed by atoms with Gasteiger partial charge in [-0.15, -0.1) is 0 Å². The van der Waals surface area contributed by atoms with Gasteiger partial charge in [-0.05, 0) is 56.2 Å². The van der Waals surface area contributed by atoms with Gasteiger partial charge in [-0.3, -0.25) is 4.79 Å². The van der Waals surface area contributed by atoms with Crippen LogP contribution in [0.4, 0.5) is 11.4 Å². The van der Waals surface area contributed by atoms with Gasteiger partial charge in [-0.25, -0.2) is 4.79 Å². The highest BCUT2D eigenvalue weighted by molar-refractivity contribution is 5.94. The van der Waals surface area contributed by atoms with E-state index in [1.54, 1.807) is 26.0 Å². The van der Waals surface area contributed by atoms with Crippen LogP contribution >= 0.6 is 0 Å². The van der Waals surface area contributed by atoms with Gasteiger partial charge >= 0.3 is 5.97 Å². The molecule has 1 aliphatic rings. The molecular formula is C21H24N2O3. The number of benzene rings is 2. The third-order valence-corrected chi connectivity index (χ3v) is 4.67. The fraction of sp³-hybridized carbons (Fsp3) is 0.333. The summed E-state index contributed by atoms with van der Waals surface area (Å²) in [4.78, 5) is 25.7. The van der Waals surface area contributed by atoms with E-state index in [1.807, 2.05) is 35.2 Å². The van der Waals surface area contributed by atoms with Crippen LogP contribution in [0.2, 0.25) is 0 Å². The fourth-order valence-corrected chi connectivity index (χ4v) is 3.55. The van der Waals surface area contributed by atoms with E-state index in [4.69, 9.17) is 4.74 Å². The topological polar surface area (TPSA) is 58.6 Å². The average molecular weight is 352 g/mol. The molecule has 0 saturated heterocycles. The zero-order chi connectivity index (χ0) is 18.7. The second-order valence-corrected chi connectivity index (χ2v) is 6.53. The lowest BCUT2D eigenvalue weighted by Crippen LogP contribution is -2.43. The predicted molar refractivity (Wildman–Crippen MR) is 102 cm³/mol. The molecule has 2 aromatic rings. The van der Waals surface area contributed by atoms with Gasteiger partial charge in [0.2, 0.25) is 5.91 Å². The number of fused-ring (bicyclic) bond motifs is 1. The fourth-order valence-electron chi connectivity index (χ4n) is 3.55. The van der Waals surface area contributed by atoms with E-state index in [1.165, 1.54) is 0 Å². The highest BCUT2D eigenvalue weighted by Gasteiger charge is 2.31. The largest absolute Gasteiger partial charge is 0.462 e. The number of anilines is 2. The number of esters is 1. The first-order chi connectivity index (χ1) is 12.5. The third kappa shape index (κ3) is 3.57. The van der Waals surface area contributed by atoms with Crippen LogP contribution in [0, 0.1) is 0 Å². The van der Waals surface area contributed by atoms with Crippen molar-refractivity contribution in [2.45, 2.75) is 39.3 Å². The van der Waals surface area contributed by atoms with Crippen molar-refractivity contribution in [1.82, 2.24) is 0 Å². The van der Waals surface area contributed by atoms with Gasteiger partial charge in [-0.1, -0.05) is 18.2 Å². The van der Waals surface area contributed by atoms with E-state index in [0.29, 0.717) is 12.2 Å². The Bertz CT molecular complexity index is 801. The van der Waals surface area contributed by atoms with E-state index >= 15 is 0 Å². The van der Waals surface area contributed by atoms with Gasteiger partial charge in [-0.2, -0.15) is 0 Å². The van der Waals surface area contributed by atoms with Crippen molar-refractivity contribution in [1.29, 1.82) is 0 Å². The van der Waals surface area contributed by atoms with Crippen molar-refractivity contribution in [2.24, 2.45) is 0 Å². The minimum absolute atomic E-state index is 0.0576. The smallest absolute Gasteiger partial charge is 0.338 e. The molecule has 0 spiro atoms. The monoisotopic (exact) mass is 352 g/mol. The summed E-state index contributed by atoms with van der Waals surface area (Å²) in [6.07, 6.45) is 0.816. The number of carbonyl (C=O) groups excluding carboxylic acids is 2. The number of carbonyl (C=O) groups is 2. The summed E-state index contributed by atoms with van der Waals surface area (Å²) in [7, 11) is 0. The number of hydrogen-bond acceptors (Lipinski definition) is 4. The molecule has 0 radical (unpaired) electrons. The van der Waals surface area contributed by atoms with Gasteiger partial charge in [0.25, 0.3) is 0 Å². The molecule has 2 aromatic carbocycles. The summed E-state index contributed by atoms with van der Waals surface area (Å²) in [5.74, 6) is -0.255. The van der Waals surface area contributed by atoms with E-state index < -0.39 is 0 Å². The number of para-hydroxylation sites is 1. The summed E-state index contributed by atoms with van der Waals surface area (Å²) >= 11 is 0. The average Bonchev–Trinajstić information content (AvgIpc) is 2.62. The summed E-state index contributed by atoms with van der Waals surface area (Å²) in [6, 6.07) is 15.5. The van der Waals surface area contributed by atoms with Gasteiger partial charge in [0.05, 0.1) is 18.2 Å². The molecule has 2 atom stereocenters. The van der Waals surface area contributed by atoms with E-state index in [2.05, 4.69) is 18.3 Å². The molecule has 0 bridgehead atoms. The molecular weight excluding hydrogens is 328 g/mol. The van der Waals surface area contributed by atoms with Gasteiger partial charge in [0, 0.05) is 24.3 Å². The van der Waals surface area contributed by atoms with Gasteiger partial charge in [0.15, 0.2) is 0 Å². The first kappa shape index (κ1) is 18.0. The number of nitrogens with one attached hydrogen (secondary N) is 1. The van der Waals surface area contributed by atoms with Crippen molar-refractivity contribution in [3.63, 3.8) is 0 Å². The summed E-state index contributed by atoms with van der Waals surface area (Å²) < 4.78 is 5.02. The zero-order valence-corrected chi connectivity index (χ0v) is 15.4. The summed E-state index contributed by atoms with van der Waals surface area (Å²) in [5.41, 5.74) is 3.54. The van der Waals surface area contributed by atoms with Crippen LogP contribution in [-0.2, 0) is 9.53 Å². The molecule has 1 N–H and O–H groups in total. The summed E-state index contributed by atoms with van der Waals surface area (Å²) in [6.45, 7) is 5.83. The van der Waals surface area contributed by atoms with Crippen LogP contribution in [0.1, 0.15) is 49.2 Å². The minimum Gasteiger partial charge on any atom is -0.462 e. The Hall–Kier alpha value is -2.82. The lowest BCUT2D eigenvalue weighted by Gasteiger charge is -2.39. The molecule has 0 saturated carbocycles. The maximum atomic E-state index is 12.1. The van der Waals surface area contributed by atoms with Crippen LogP contribution < -0.4 is 10.2 Å². The number of rotatable bonds is 4. The van der Waals surface area contributed by atoms with Crippen LogP contribution in [-0.4, -0.2) is 24.5 Å². The molecule has 1 amide bonds. The lowest BCUT2D eigenvalue weighted by atomic mass is 9.91. The SMILES string of the molecule is CCOC(=O)c1ccc(N[C@H]2C[C@@H](C)N(C(C)=O)c3ccccc32)cc1. The quantitative estimate of drug-likeness (QED) is 0.840.